The van der Waals surface area contributed by atoms with E-state index in [0.29, 0.717) is 6.42 Å². The highest BCUT2D eigenvalue weighted by atomic mass is 19.4. The first-order valence-electron chi connectivity index (χ1n) is 8.35. The normalized spacial score (nSPS) is 32.1. The van der Waals surface area contributed by atoms with Crippen molar-refractivity contribution in [3.8, 4) is 0 Å². The standard InChI is InChI=1S/C16H27F3N2O2/c1-15(2,3)23-14(22)21-13-8-12(9-13)20-11-6-4-5-10(7-11)16(17,18)19/h10-13,20H,4-9H2,1-3H3,(H,21,22). The monoisotopic (exact) mass is 336 g/mol. The summed E-state index contributed by atoms with van der Waals surface area (Å²) in [6, 6.07) is 0.166. The Morgan fingerprint density at radius 3 is 2.22 bits per heavy atom. The number of ether oxygens (including phenoxy) is 1. The van der Waals surface area contributed by atoms with Crippen molar-refractivity contribution in [1.29, 1.82) is 0 Å². The van der Waals surface area contributed by atoms with Crippen LogP contribution in [0.2, 0.25) is 0 Å². The zero-order chi connectivity index (χ0) is 17.3. The molecule has 0 bridgehead atoms. The van der Waals surface area contributed by atoms with Crippen LogP contribution in [0.3, 0.4) is 0 Å². The highest BCUT2D eigenvalue weighted by molar-refractivity contribution is 5.68. The number of hydrogen-bond acceptors (Lipinski definition) is 3. The van der Waals surface area contributed by atoms with E-state index in [-0.39, 0.29) is 31.0 Å². The van der Waals surface area contributed by atoms with Gasteiger partial charge in [0.2, 0.25) is 0 Å². The van der Waals surface area contributed by atoms with E-state index in [2.05, 4.69) is 10.6 Å². The molecule has 2 N–H and O–H groups in total. The summed E-state index contributed by atoms with van der Waals surface area (Å²) in [7, 11) is 0. The molecule has 0 aliphatic heterocycles. The number of nitrogens with one attached hydrogen (secondary N) is 2. The molecule has 2 rings (SSSR count). The Balaban J connectivity index is 1.67. The third kappa shape index (κ3) is 5.86. The van der Waals surface area contributed by atoms with Gasteiger partial charge < -0.3 is 15.4 Å². The second kappa shape index (κ2) is 6.87. The predicted molar refractivity (Wildman–Crippen MR) is 81.1 cm³/mol. The van der Waals surface area contributed by atoms with Crippen molar-refractivity contribution in [2.24, 2.45) is 5.92 Å². The van der Waals surface area contributed by atoms with Crippen LogP contribution < -0.4 is 10.6 Å². The SMILES string of the molecule is CC(C)(C)OC(=O)NC1CC(NC2CCCC(C(F)(F)F)C2)C1. The molecule has 0 spiro atoms. The summed E-state index contributed by atoms with van der Waals surface area (Å²) in [6.07, 6.45) is -1.20. The van der Waals surface area contributed by atoms with E-state index in [0.717, 1.165) is 19.3 Å². The largest absolute Gasteiger partial charge is 0.444 e. The minimum absolute atomic E-state index is 0.0457. The molecule has 2 saturated carbocycles. The molecule has 7 heteroatoms. The molecule has 2 atom stereocenters. The van der Waals surface area contributed by atoms with Crippen molar-refractivity contribution >= 4 is 6.09 Å². The van der Waals surface area contributed by atoms with Gasteiger partial charge in [0.25, 0.3) is 0 Å². The van der Waals surface area contributed by atoms with Crippen LogP contribution in [0.15, 0.2) is 0 Å². The fourth-order valence-electron chi connectivity index (χ4n) is 3.32. The number of carbonyl (C=O) groups is 1. The minimum atomic E-state index is -4.08. The lowest BCUT2D eigenvalue weighted by molar-refractivity contribution is -0.184. The van der Waals surface area contributed by atoms with Crippen molar-refractivity contribution in [1.82, 2.24) is 10.6 Å². The molecule has 23 heavy (non-hydrogen) atoms. The predicted octanol–water partition coefficient (Wildman–Crippen LogP) is 3.75. The van der Waals surface area contributed by atoms with E-state index >= 15 is 0 Å². The van der Waals surface area contributed by atoms with Gasteiger partial charge in [-0.1, -0.05) is 6.42 Å². The minimum Gasteiger partial charge on any atom is -0.444 e. The average Bonchev–Trinajstić information content (AvgIpc) is 2.33. The van der Waals surface area contributed by atoms with Crippen LogP contribution in [0.5, 0.6) is 0 Å². The Kier molecular flexibility index (Phi) is 5.48. The van der Waals surface area contributed by atoms with E-state index < -0.39 is 23.8 Å². The van der Waals surface area contributed by atoms with Crippen molar-refractivity contribution in [3.63, 3.8) is 0 Å². The fraction of sp³-hybridized carbons (Fsp3) is 0.938. The Morgan fingerprint density at radius 1 is 1.00 bits per heavy atom. The highest BCUT2D eigenvalue weighted by Crippen LogP contribution is 2.38. The van der Waals surface area contributed by atoms with Gasteiger partial charge in [0.15, 0.2) is 0 Å². The Hall–Kier alpha value is -0.980. The smallest absolute Gasteiger partial charge is 0.407 e. The maximum Gasteiger partial charge on any atom is 0.407 e. The Morgan fingerprint density at radius 2 is 1.65 bits per heavy atom. The third-order valence-corrected chi connectivity index (χ3v) is 4.47. The first-order chi connectivity index (χ1) is 10.5. The van der Waals surface area contributed by atoms with Gasteiger partial charge in [-0.25, -0.2) is 4.79 Å². The second-order valence-electron chi connectivity index (χ2n) is 7.78. The zero-order valence-corrected chi connectivity index (χ0v) is 14.0. The maximum absolute atomic E-state index is 12.8. The maximum atomic E-state index is 12.8. The van der Waals surface area contributed by atoms with Gasteiger partial charge in [-0.15, -0.1) is 0 Å². The van der Waals surface area contributed by atoms with Gasteiger partial charge in [-0.3, -0.25) is 0 Å². The lowest BCUT2D eigenvalue weighted by atomic mass is 9.82. The molecule has 2 unspecified atom stereocenters. The van der Waals surface area contributed by atoms with Crippen LogP contribution in [0, 0.1) is 5.92 Å². The number of hydrogen-bond donors (Lipinski definition) is 2. The fourth-order valence-corrected chi connectivity index (χ4v) is 3.32. The summed E-state index contributed by atoms with van der Waals surface area (Å²) >= 11 is 0. The third-order valence-electron chi connectivity index (χ3n) is 4.47. The number of alkyl halides is 3. The molecule has 1 amide bonds. The molecule has 0 saturated heterocycles. The summed E-state index contributed by atoms with van der Waals surface area (Å²) in [4.78, 5) is 11.6. The van der Waals surface area contributed by atoms with E-state index in [1.54, 1.807) is 20.8 Å². The Bertz CT molecular complexity index is 415. The molecule has 0 aromatic carbocycles. The summed E-state index contributed by atoms with van der Waals surface area (Å²) in [6.45, 7) is 5.41. The molecular formula is C16H27F3N2O2. The molecule has 2 fully saturated rings. The van der Waals surface area contributed by atoms with E-state index in [1.807, 2.05) is 0 Å². The molecule has 0 radical (unpaired) electrons. The van der Waals surface area contributed by atoms with Crippen LogP contribution in [-0.4, -0.2) is 36.0 Å². The molecule has 2 aliphatic carbocycles. The van der Waals surface area contributed by atoms with Crippen LogP contribution in [0.4, 0.5) is 18.0 Å². The summed E-state index contributed by atoms with van der Waals surface area (Å²) in [5.74, 6) is -1.18. The highest BCUT2D eigenvalue weighted by Gasteiger charge is 2.43. The Labute approximate surface area is 135 Å². The van der Waals surface area contributed by atoms with Gasteiger partial charge in [0, 0.05) is 18.1 Å². The van der Waals surface area contributed by atoms with Gasteiger partial charge in [-0.05, 0) is 52.9 Å². The first-order valence-corrected chi connectivity index (χ1v) is 8.35. The second-order valence-corrected chi connectivity index (χ2v) is 7.78. The van der Waals surface area contributed by atoms with Crippen molar-refractivity contribution in [2.45, 2.75) is 89.2 Å². The van der Waals surface area contributed by atoms with Crippen molar-refractivity contribution in [2.75, 3.05) is 0 Å². The number of halogens is 3. The summed E-state index contributed by atoms with van der Waals surface area (Å²) in [5, 5.41) is 6.11. The summed E-state index contributed by atoms with van der Waals surface area (Å²) in [5.41, 5.74) is -0.528. The number of carbonyl (C=O) groups excluding carboxylic acids is 1. The lowest BCUT2D eigenvalue weighted by Gasteiger charge is -2.41. The van der Waals surface area contributed by atoms with Crippen LogP contribution in [0.25, 0.3) is 0 Å². The topological polar surface area (TPSA) is 50.4 Å². The number of amides is 1. The van der Waals surface area contributed by atoms with Gasteiger partial charge in [0.1, 0.15) is 5.60 Å². The van der Waals surface area contributed by atoms with Crippen molar-refractivity contribution in [3.05, 3.63) is 0 Å². The average molecular weight is 336 g/mol. The quantitative estimate of drug-likeness (QED) is 0.825. The zero-order valence-electron chi connectivity index (χ0n) is 14.0. The molecule has 0 aromatic rings. The van der Waals surface area contributed by atoms with Gasteiger partial charge in [-0.2, -0.15) is 13.2 Å². The first kappa shape index (κ1) is 18.4. The van der Waals surface area contributed by atoms with Crippen molar-refractivity contribution < 1.29 is 22.7 Å². The lowest BCUT2D eigenvalue weighted by Crippen LogP contribution is -2.56. The molecule has 2 aliphatic rings. The molecular weight excluding hydrogens is 309 g/mol. The molecule has 134 valence electrons. The molecule has 0 heterocycles. The number of alkyl carbamates (subject to hydrolysis) is 1. The summed E-state index contributed by atoms with van der Waals surface area (Å²) < 4.78 is 43.6. The van der Waals surface area contributed by atoms with E-state index in [4.69, 9.17) is 4.74 Å². The van der Waals surface area contributed by atoms with Crippen LogP contribution in [0.1, 0.15) is 59.3 Å². The van der Waals surface area contributed by atoms with E-state index in [1.165, 1.54) is 0 Å². The number of rotatable bonds is 3. The van der Waals surface area contributed by atoms with E-state index in [9.17, 15) is 18.0 Å². The van der Waals surface area contributed by atoms with Gasteiger partial charge in [0.05, 0.1) is 5.92 Å². The van der Waals surface area contributed by atoms with Gasteiger partial charge >= 0.3 is 12.3 Å². The van der Waals surface area contributed by atoms with Crippen LogP contribution in [-0.2, 0) is 4.74 Å². The van der Waals surface area contributed by atoms with Crippen LogP contribution >= 0.6 is 0 Å². The molecule has 0 aromatic heterocycles. The molecule has 4 nitrogen and oxygen atoms in total.